The molecule has 4 aromatic rings. The lowest BCUT2D eigenvalue weighted by Gasteiger charge is -2.12. The van der Waals surface area contributed by atoms with Gasteiger partial charge < -0.3 is 0 Å². The van der Waals surface area contributed by atoms with E-state index in [9.17, 15) is 26.3 Å². The first-order valence-electron chi connectivity index (χ1n) is 7.79. The number of fused-ring (bicyclic) bond motifs is 1. The van der Waals surface area contributed by atoms with Gasteiger partial charge in [0.1, 0.15) is 10.7 Å². The molecule has 0 bridgehead atoms. The van der Waals surface area contributed by atoms with Crippen molar-refractivity contribution >= 4 is 28.6 Å². The summed E-state index contributed by atoms with van der Waals surface area (Å²) in [6.45, 7) is 0. The van der Waals surface area contributed by atoms with Crippen molar-refractivity contribution in [2.75, 3.05) is 0 Å². The van der Waals surface area contributed by atoms with Crippen molar-refractivity contribution in [2.24, 2.45) is 0 Å². The summed E-state index contributed by atoms with van der Waals surface area (Å²) in [7, 11) is 0. The Labute approximate surface area is 167 Å². The number of alkyl halides is 6. The van der Waals surface area contributed by atoms with Crippen molar-refractivity contribution in [3.8, 4) is 21.8 Å². The monoisotopic (exact) mass is 448 g/mol. The molecule has 0 aliphatic rings. The van der Waals surface area contributed by atoms with Gasteiger partial charge in [0.15, 0.2) is 11.3 Å². The molecule has 0 aliphatic heterocycles. The second-order valence-electron chi connectivity index (χ2n) is 5.86. The predicted molar refractivity (Wildman–Crippen MR) is 94.5 cm³/mol. The molecule has 0 fully saturated rings. The summed E-state index contributed by atoms with van der Waals surface area (Å²) in [5, 5.41) is 5.91. The molecule has 3 heterocycles. The third kappa shape index (κ3) is 3.67. The number of thiazole rings is 1. The van der Waals surface area contributed by atoms with Gasteiger partial charge in [-0.05, 0) is 18.2 Å². The molecule has 0 unspecified atom stereocenters. The molecule has 0 aliphatic carbocycles. The average Bonchev–Trinajstić information content (AvgIpc) is 3.26. The number of benzene rings is 1. The Morgan fingerprint density at radius 2 is 1.62 bits per heavy atom. The zero-order valence-electron chi connectivity index (χ0n) is 13.9. The van der Waals surface area contributed by atoms with Gasteiger partial charge in [0.25, 0.3) is 0 Å². The second-order valence-corrected chi connectivity index (χ2v) is 7.16. The fourth-order valence-electron chi connectivity index (χ4n) is 2.61. The molecule has 4 rings (SSSR count). The Morgan fingerprint density at radius 1 is 0.931 bits per heavy atom. The maximum Gasteiger partial charge on any atom is 0.433 e. The van der Waals surface area contributed by atoms with Crippen molar-refractivity contribution in [2.45, 2.75) is 12.4 Å². The summed E-state index contributed by atoms with van der Waals surface area (Å²) in [6.07, 6.45) is -9.09. The van der Waals surface area contributed by atoms with Crippen LogP contribution in [0.3, 0.4) is 0 Å². The van der Waals surface area contributed by atoms with Gasteiger partial charge in [-0.3, -0.25) is 0 Å². The molecule has 0 amide bonds. The summed E-state index contributed by atoms with van der Waals surface area (Å²) in [6, 6.07) is 6.60. The standard InChI is InChI=1S/C17H7ClF6N4S/c18-9-3-1-8(2-4-9)11-7-29-15(26-11)10-6-25-28-13(17(22,23)24)5-12(16(19,20)21)27-14(10)28/h1-7H. The van der Waals surface area contributed by atoms with E-state index in [2.05, 4.69) is 15.1 Å². The summed E-state index contributed by atoms with van der Waals surface area (Å²) < 4.78 is 79.5. The van der Waals surface area contributed by atoms with Gasteiger partial charge in [-0.25, -0.2) is 14.5 Å². The first-order valence-corrected chi connectivity index (χ1v) is 9.05. The largest absolute Gasteiger partial charge is 0.433 e. The van der Waals surface area contributed by atoms with Crippen LogP contribution in [0.15, 0.2) is 41.9 Å². The lowest BCUT2D eigenvalue weighted by Crippen LogP contribution is -2.18. The lowest BCUT2D eigenvalue weighted by atomic mass is 10.2. The predicted octanol–water partition coefficient (Wildman–Crippen LogP) is 6.21. The van der Waals surface area contributed by atoms with Gasteiger partial charge in [0.2, 0.25) is 0 Å². The SMILES string of the molecule is FC(F)(F)c1cc(C(F)(F)F)n2ncc(-c3nc(-c4ccc(Cl)cc4)cs3)c2n1. The molecule has 0 N–H and O–H groups in total. The van der Waals surface area contributed by atoms with Crippen LogP contribution >= 0.6 is 22.9 Å². The van der Waals surface area contributed by atoms with Crippen LogP contribution in [-0.2, 0) is 12.4 Å². The molecule has 150 valence electrons. The highest BCUT2D eigenvalue weighted by atomic mass is 35.5. The molecule has 0 saturated heterocycles. The summed E-state index contributed by atoms with van der Waals surface area (Å²) in [4.78, 5) is 7.68. The molecule has 0 spiro atoms. The van der Waals surface area contributed by atoms with Gasteiger partial charge >= 0.3 is 12.4 Å². The quantitative estimate of drug-likeness (QED) is 0.342. The Morgan fingerprint density at radius 3 is 2.24 bits per heavy atom. The van der Waals surface area contributed by atoms with Crippen molar-refractivity contribution in [1.29, 1.82) is 0 Å². The number of halogens is 7. The van der Waals surface area contributed by atoms with Gasteiger partial charge in [0, 0.05) is 16.0 Å². The van der Waals surface area contributed by atoms with Crippen LogP contribution in [0.5, 0.6) is 0 Å². The summed E-state index contributed by atoms with van der Waals surface area (Å²) in [5.41, 5.74) is -2.67. The van der Waals surface area contributed by atoms with Crippen LogP contribution in [0.2, 0.25) is 5.02 Å². The molecule has 0 radical (unpaired) electrons. The Kier molecular flexibility index (Phi) is 4.54. The minimum atomic E-state index is -5.05. The number of nitrogens with zero attached hydrogens (tertiary/aromatic N) is 4. The van der Waals surface area contributed by atoms with E-state index in [-0.39, 0.29) is 16.6 Å². The Hall–Kier alpha value is -2.66. The van der Waals surface area contributed by atoms with Crippen LogP contribution in [-0.4, -0.2) is 19.6 Å². The van der Waals surface area contributed by atoms with E-state index in [0.717, 1.165) is 17.5 Å². The summed E-state index contributed by atoms with van der Waals surface area (Å²) in [5.74, 6) is 0. The fourth-order valence-corrected chi connectivity index (χ4v) is 3.57. The molecular weight excluding hydrogens is 442 g/mol. The molecule has 0 saturated carbocycles. The Balaban J connectivity index is 1.88. The van der Waals surface area contributed by atoms with Crippen molar-refractivity contribution in [3.05, 3.63) is 58.3 Å². The fraction of sp³-hybridized carbons (Fsp3) is 0.118. The first-order chi connectivity index (χ1) is 13.5. The smallest absolute Gasteiger partial charge is 0.236 e. The summed E-state index contributed by atoms with van der Waals surface area (Å²) >= 11 is 6.88. The highest BCUT2D eigenvalue weighted by molar-refractivity contribution is 7.13. The minimum absolute atomic E-state index is 0.0354. The van der Waals surface area contributed by atoms with E-state index in [1.54, 1.807) is 29.6 Å². The molecule has 12 heteroatoms. The Bertz CT molecular complexity index is 1190. The highest BCUT2D eigenvalue weighted by Crippen LogP contribution is 2.38. The van der Waals surface area contributed by atoms with Gasteiger partial charge in [0.05, 0.1) is 17.5 Å². The zero-order chi connectivity index (χ0) is 21.0. The maximum absolute atomic E-state index is 13.3. The van der Waals surface area contributed by atoms with Crippen LogP contribution in [0.1, 0.15) is 11.4 Å². The van der Waals surface area contributed by atoms with E-state index in [1.165, 1.54) is 0 Å². The van der Waals surface area contributed by atoms with Crippen LogP contribution in [0.4, 0.5) is 26.3 Å². The number of hydrogen-bond acceptors (Lipinski definition) is 4. The van der Waals surface area contributed by atoms with Gasteiger partial charge in [-0.1, -0.05) is 23.7 Å². The van der Waals surface area contributed by atoms with Crippen molar-refractivity contribution < 1.29 is 26.3 Å². The van der Waals surface area contributed by atoms with E-state index in [4.69, 9.17) is 11.6 Å². The molecule has 1 aromatic carbocycles. The van der Waals surface area contributed by atoms with Crippen LogP contribution in [0.25, 0.3) is 27.5 Å². The maximum atomic E-state index is 13.3. The zero-order valence-corrected chi connectivity index (χ0v) is 15.5. The molecule has 29 heavy (non-hydrogen) atoms. The minimum Gasteiger partial charge on any atom is -0.236 e. The average molecular weight is 449 g/mol. The third-order valence-electron chi connectivity index (χ3n) is 3.93. The second kappa shape index (κ2) is 6.70. The molecule has 0 atom stereocenters. The van der Waals surface area contributed by atoms with Crippen LogP contribution in [0, 0.1) is 0 Å². The van der Waals surface area contributed by atoms with Crippen molar-refractivity contribution in [3.63, 3.8) is 0 Å². The van der Waals surface area contributed by atoms with Crippen LogP contribution < -0.4 is 0 Å². The van der Waals surface area contributed by atoms with E-state index in [0.29, 0.717) is 20.8 Å². The van der Waals surface area contributed by atoms with E-state index in [1.807, 2.05) is 0 Å². The van der Waals surface area contributed by atoms with E-state index >= 15 is 0 Å². The normalized spacial score (nSPS) is 12.7. The highest BCUT2D eigenvalue weighted by Gasteiger charge is 2.40. The first kappa shape index (κ1) is 19.6. The third-order valence-corrected chi connectivity index (χ3v) is 5.05. The molecular formula is C17H7ClF6N4S. The van der Waals surface area contributed by atoms with E-state index < -0.39 is 29.4 Å². The lowest BCUT2D eigenvalue weighted by molar-refractivity contribution is -0.148. The molecule has 4 nitrogen and oxygen atoms in total. The number of rotatable bonds is 2. The number of hydrogen-bond donors (Lipinski definition) is 0. The topological polar surface area (TPSA) is 43.1 Å². The van der Waals surface area contributed by atoms with Gasteiger partial charge in [-0.15, -0.1) is 11.3 Å². The van der Waals surface area contributed by atoms with Gasteiger partial charge in [-0.2, -0.15) is 31.4 Å². The molecule has 3 aromatic heterocycles. The van der Waals surface area contributed by atoms with Crippen molar-refractivity contribution in [1.82, 2.24) is 19.6 Å². The number of aromatic nitrogens is 4.